The Kier molecular flexibility index (Phi) is 3.88. The number of fused-ring (bicyclic) bond motifs is 1. The van der Waals surface area contributed by atoms with E-state index in [4.69, 9.17) is 4.74 Å². The minimum Gasteiger partial charge on any atom is -0.465 e. The zero-order valence-electron chi connectivity index (χ0n) is 9.90. The number of aliphatic imine (C=N–C) groups is 1. The summed E-state index contributed by atoms with van der Waals surface area (Å²) in [4.78, 5) is 15.3. The summed E-state index contributed by atoms with van der Waals surface area (Å²) in [6, 6.07) is 6.24. The van der Waals surface area contributed by atoms with Crippen molar-refractivity contribution < 1.29 is 9.53 Å². The van der Waals surface area contributed by atoms with Crippen LogP contribution in [0.1, 0.15) is 23.6 Å². The number of ether oxygens (including phenoxy) is 1. The Morgan fingerprint density at radius 1 is 1.53 bits per heavy atom. The van der Waals surface area contributed by atoms with Gasteiger partial charge in [0.05, 0.1) is 19.7 Å². The third-order valence-corrected chi connectivity index (χ3v) is 2.60. The summed E-state index contributed by atoms with van der Waals surface area (Å²) < 4.78 is 4.83. The largest absolute Gasteiger partial charge is 0.465 e. The van der Waals surface area contributed by atoms with Gasteiger partial charge in [0, 0.05) is 12.8 Å². The number of benzene rings is 1. The average molecular weight is 232 g/mol. The molecule has 2 rings (SSSR count). The van der Waals surface area contributed by atoms with Crippen molar-refractivity contribution in [2.75, 3.05) is 13.2 Å². The molecule has 0 radical (unpaired) electrons. The summed E-state index contributed by atoms with van der Waals surface area (Å²) in [7, 11) is 0. The fourth-order valence-electron chi connectivity index (χ4n) is 1.80. The van der Waals surface area contributed by atoms with E-state index in [0.29, 0.717) is 13.2 Å². The summed E-state index contributed by atoms with van der Waals surface area (Å²) in [6.07, 6.45) is 1.89. The molecular weight excluding hydrogens is 216 g/mol. The highest BCUT2D eigenvalue weighted by Crippen LogP contribution is 2.16. The molecule has 0 saturated carbocycles. The molecule has 0 amide bonds. The van der Waals surface area contributed by atoms with E-state index in [2.05, 4.69) is 22.4 Å². The molecule has 4 nitrogen and oxygen atoms in total. The summed E-state index contributed by atoms with van der Waals surface area (Å²) >= 11 is 0. The van der Waals surface area contributed by atoms with E-state index < -0.39 is 0 Å². The number of hydrogen-bond donors (Lipinski definition) is 1. The van der Waals surface area contributed by atoms with Crippen LogP contribution in [0, 0.1) is 0 Å². The smallest absolute Gasteiger partial charge is 0.319 e. The van der Waals surface area contributed by atoms with Crippen LogP contribution in [-0.4, -0.2) is 25.3 Å². The molecule has 90 valence electrons. The molecule has 1 aromatic carbocycles. The molecule has 17 heavy (non-hydrogen) atoms. The number of carbonyl (C=O) groups excluding carboxylic acids is 1. The molecule has 0 saturated heterocycles. The van der Waals surface area contributed by atoms with Crippen LogP contribution < -0.4 is 5.32 Å². The number of carbonyl (C=O) groups is 1. The lowest BCUT2D eigenvalue weighted by molar-refractivity contribution is -0.142. The van der Waals surface area contributed by atoms with Crippen LogP contribution in [-0.2, 0) is 22.6 Å². The van der Waals surface area contributed by atoms with Gasteiger partial charge in [-0.3, -0.25) is 9.79 Å². The Balaban J connectivity index is 1.82. The SMILES string of the molecule is CCOC(=O)CNCc1ccc2c(c1)CN=C2. The maximum atomic E-state index is 11.1. The second-order valence-electron chi connectivity index (χ2n) is 3.91. The fraction of sp³-hybridized carbons (Fsp3) is 0.385. The highest BCUT2D eigenvalue weighted by molar-refractivity contribution is 5.84. The highest BCUT2D eigenvalue weighted by atomic mass is 16.5. The molecule has 1 aliphatic rings. The van der Waals surface area contributed by atoms with Crippen molar-refractivity contribution in [2.24, 2.45) is 4.99 Å². The van der Waals surface area contributed by atoms with Crippen LogP contribution in [0.2, 0.25) is 0 Å². The third-order valence-electron chi connectivity index (χ3n) is 2.60. The van der Waals surface area contributed by atoms with Crippen molar-refractivity contribution in [3.63, 3.8) is 0 Å². The van der Waals surface area contributed by atoms with Crippen molar-refractivity contribution in [1.29, 1.82) is 0 Å². The van der Waals surface area contributed by atoms with E-state index in [0.717, 1.165) is 6.54 Å². The van der Waals surface area contributed by atoms with Crippen LogP contribution in [0.3, 0.4) is 0 Å². The minimum atomic E-state index is -0.211. The van der Waals surface area contributed by atoms with Crippen molar-refractivity contribution in [1.82, 2.24) is 5.32 Å². The van der Waals surface area contributed by atoms with E-state index in [-0.39, 0.29) is 12.5 Å². The minimum absolute atomic E-state index is 0.211. The van der Waals surface area contributed by atoms with Gasteiger partial charge in [0.15, 0.2) is 0 Å². The molecule has 0 aliphatic carbocycles. The Morgan fingerprint density at radius 3 is 3.24 bits per heavy atom. The summed E-state index contributed by atoms with van der Waals surface area (Å²) in [5.74, 6) is -0.211. The lowest BCUT2D eigenvalue weighted by Crippen LogP contribution is -2.24. The van der Waals surface area contributed by atoms with Gasteiger partial charge in [0.1, 0.15) is 0 Å². The quantitative estimate of drug-likeness (QED) is 0.778. The number of rotatable bonds is 5. The molecule has 1 N–H and O–H groups in total. The summed E-state index contributed by atoms with van der Waals surface area (Å²) in [5, 5.41) is 3.06. The molecule has 0 atom stereocenters. The van der Waals surface area contributed by atoms with Crippen LogP contribution in [0.15, 0.2) is 23.2 Å². The van der Waals surface area contributed by atoms with E-state index in [9.17, 15) is 4.79 Å². The zero-order chi connectivity index (χ0) is 12.1. The lowest BCUT2D eigenvalue weighted by atomic mass is 10.1. The topological polar surface area (TPSA) is 50.7 Å². The van der Waals surface area contributed by atoms with E-state index >= 15 is 0 Å². The number of esters is 1. The maximum absolute atomic E-state index is 11.1. The molecule has 1 aliphatic heterocycles. The van der Waals surface area contributed by atoms with Gasteiger partial charge < -0.3 is 10.1 Å². The molecule has 0 fully saturated rings. The molecule has 0 spiro atoms. The van der Waals surface area contributed by atoms with Gasteiger partial charge in [-0.05, 0) is 23.6 Å². The van der Waals surface area contributed by atoms with E-state index in [1.807, 2.05) is 12.3 Å². The average Bonchev–Trinajstić information content (AvgIpc) is 2.76. The number of nitrogens with one attached hydrogen (secondary N) is 1. The Hall–Kier alpha value is -1.68. The van der Waals surface area contributed by atoms with Crippen LogP contribution in [0.5, 0.6) is 0 Å². The standard InChI is InChI=1S/C13H16N2O2/c1-2-17-13(16)9-14-6-10-3-4-11-7-15-8-12(11)5-10/h3-5,7,14H,2,6,8-9H2,1H3. The predicted molar refractivity (Wildman–Crippen MR) is 66.1 cm³/mol. The van der Waals surface area contributed by atoms with Gasteiger partial charge in [-0.2, -0.15) is 0 Å². The van der Waals surface area contributed by atoms with Crippen LogP contribution in [0.4, 0.5) is 0 Å². The Labute approximate surface area is 101 Å². The van der Waals surface area contributed by atoms with Gasteiger partial charge in [-0.15, -0.1) is 0 Å². The summed E-state index contributed by atoms with van der Waals surface area (Å²) in [6.45, 7) is 3.92. The summed E-state index contributed by atoms with van der Waals surface area (Å²) in [5.41, 5.74) is 3.61. The third kappa shape index (κ3) is 3.14. The molecular formula is C13H16N2O2. The number of nitrogens with zero attached hydrogens (tertiary/aromatic N) is 1. The van der Waals surface area contributed by atoms with Gasteiger partial charge >= 0.3 is 5.97 Å². The second-order valence-corrected chi connectivity index (χ2v) is 3.91. The monoisotopic (exact) mass is 232 g/mol. The number of hydrogen-bond acceptors (Lipinski definition) is 4. The first kappa shape index (κ1) is 11.8. The molecule has 0 aromatic heterocycles. The lowest BCUT2D eigenvalue weighted by Gasteiger charge is -2.06. The fourth-order valence-corrected chi connectivity index (χ4v) is 1.80. The molecule has 0 unspecified atom stereocenters. The van der Waals surface area contributed by atoms with Crippen LogP contribution in [0.25, 0.3) is 0 Å². The molecule has 0 bridgehead atoms. The van der Waals surface area contributed by atoms with Crippen molar-refractivity contribution >= 4 is 12.2 Å². The van der Waals surface area contributed by atoms with Gasteiger partial charge in [0.2, 0.25) is 0 Å². The van der Waals surface area contributed by atoms with Crippen molar-refractivity contribution in [3.8, 4) is 0 Å². The zero-order valence-corrected chi connectivity index (χ0v) is 9.90. The van der Waals surface area contributed by atoms with Crippen molar-refractivity contribution in [3.05, 3.63) is 34.9 Å². The molecule has 1 aromatic rings. The Morgan fingerprint density at radius 2 is 2.41 bits per heavy atom. The first-order chi connectivity index (χ1) is 8.29. The first-order valence-electron chi connectivity index (χ1n) is 5.77. The van der Waals surface area contributed by atoms with Gasteiger partial charge in [0.25, 0.3) is 0 Å². The molecule has 1 heterocycles. The highest BCUT2D eigenvalue weighted by Gasteiger charge is 2.07. The Bertz CT molecular complexity index is 441. The van der Waals surface area contributed by atoms with Crippen LogP contribution >= 0.6 is 0 Å². The van der Waals surface area contributed by atoms with Crippen molar-refractivity contribution in [2.45, 2.75) is 20.0 Å². The van der Waals surface area contributed by atoms with Gasteiger partial charge in [-0.25, -0.2) is 0 Å². The second kappa shape index (κ2) is 5.59. The van der Waals surface area contributed by atoms with E-state index in [1.54, 1.807) is 6.92 Å². The van der Waals surface area contributed by atoms with Gasteiger partial charge in [-0.1, -0.05) is 18.2 Å². The molecule has 4 heteroatoms. The predicted octanol–water partition coefficient (Wildman–Crippen LogP) is 1.27. The van der Waals surface area contributed by atoms with E-state index in [1.165, 1.54) is 16.7 Å². The normalized spacial score (nSPS) is 12.5. The first-order valence-corrected chi connectivity index (χ1v) is 5.77. The maximum Gasteiger partial charge on any atom is 0.319 e.